The van der Waals surface area contributed by atoms with E-state index in [0.717, 1.165) is 11.3 Å². The summed E-state index contributed by atoms with van der Waals surface area (Å²) >= 11 is 0. The van der Waals surface area contributed by atoms with Crippen LogP contribution in [0.25, 0.3) is 0 Å². The Balaban J connectivity index is 2.95. The third-order valence-electron chi connectivity index (χ3n) is 4.04. The van der Waals surface area contributed by atoms with Gasteiger partial charge in [0, 0.05) is 5.41 Å². The first-order valence-electron chi connectivity index (χ1n) is 8.76. The highest BCUT2D eigenvalue weighted by Crippen LogP contribution is 2.31. The van der Waals surface area contributed by atoms with Gasteiger partial charge in [0.05, 0.1) is 11.8 Å². The molecule has 1 aromatic rings. The van der Waals surface area contributed by atoms with Crippen molar-refractivity contribution in [1.29, 1.82) is 0 Å². The lowest BCUT2D eigenvalue weighted by Crippen LogP contribution is -2.51. The SMILES string of the molecule is C/C=C(\OC(C(=O)OCc1ccccc1)C(N)C(C)(C)C)C(C)(C)C. The fourth-order valence-corrected chi connectivity index (χ4v) is 2.35. The van der Waals surface area contributed by atoms with E-state index in [0.29, 0.717) is 0 Å². The Morgan fingerprint density at radius 2 is 1.68 bits per heavy atom. The molecule has 0 aliphatic heterocycles. The van der Waals surface area contributed by atoms with Crippen LogP contribution in [0, 0.1) is 10.8 Å². The molecule has 0 aliphatic rings. The molecule has 4 nitrogen and oxygen atoms in total. The van der Waals surface area contributed by atoms with Gasteiger partial charge in [0.15, 0.2) is 0 Å². The summed E-state index contributed by atoms with van der Waals surface area (Å²) in [7, 11) is 0. The molecule has 2 unspecified atom stereocenters. The largest absolute Gasteiger partial charge is 0.481 e. The summed E-state index contributed by atoms with van der Waals surface area (Å²) < 4.78 is 11.6. The normalized spacial score (nSPS) is 15.4. The fourth-order valence-electron chi connectivity index (χ4n) is 2.35. The molecule has 0 amide bonds. The monoisotopic (exact) mass is 347 g/mol. The zero-order valence-corrected chi connectivity index (χ0v) is 16.6. The van der Waals surface area contributed by atoms with Gasteiger partial charge in [0.1, 0.15) is 6.61 Å². The molecule has 0 bridgehead atoms. The smallest absolute Gasteiger partial charge is 0.349 e. The summed E-state index contributed by atoms with van der Waals surface area (Å²) in [6, 6.07) is 9.09. The van der Waals surface area contributed by atoms with Crippen molar-refractivity contribution in [3.8, 4) is 0 Å². The van der Waals surface area contributed by atoms with Gasteiger partial charge in [-0.2, -0.15) is 0 Å². The second kappa shape index (κ2) is 8.52. The molecule has 0 aromatic heterocycles. The second-order valence-corrected chi connectivity index (χ2v) is 8.43. The third kappa shape index (κ3) is 6.54. The Morgan fingerprint density at radius 1 is 1.12 bits per heavy atom. The Bertz CT molecular complexity index is 579. The molecule has 4 heteroatoms. The molecule has 2 N–H and O–H groups in total. The molecular weight excluding hydrogens is 314 g/mol. The Kier molecular flexibility index (Phi) is 7.24. The molecule has 25 heavy (non-hydrogen) atoms. The molecular formula is C21H33NO3. The first-order chi connectivity index (χ1) is 11.5. The molecule has 0 saturated carbocycles. The van der Waals surface area contributed by atoms with Gasteiger partial charge in [-0.15, -0.1) is 0 Å². The highest BCUT2D eigenvalue weighted by atomic mass is 16.6. The molecule has 0 saturated heterocycles. The summed E-state index contributed by atoms with van der Waals surface area (Å²) in [6.45, 7) is 14.2. The van der Waals surface area contributed by atoms with Gasteiger partial charge < -0.3 is 15.2 Å². The van der Waals surface area contributed by atoms with Crippen molar-refractivity contribution in [3.63, 3.8) is 0 Å². The van der Waals surface area contributed by atoms with Crippen molar-refractivity contribution in [2.45, 2.75) is 67.2 Å². The van der Waals surface area contributed by atoms with Crippen LogP contribution < -0.4 is 5.73 Å². The molecule has 0 fully saturated rings. The van der Waals surface area contributed by atoms with E-state index in [1.54, 1.807) is 0 Å². The van der Waals surface area contributed by atoms with E-state index in [1.165, 1.54) is 0 Å². The van der Waals surface area contributed by atoms with Crippen LogP contribution in [-0.4, -0.2) is 18.1 Å². The van der Waals surface area contributed by atoms with E-state index < -0.39 is 18.1 Å². The Hall–Kier alpha value is -1.81. The summed E-state index contributed by atoms with van der Waals surface area (Å²) in [5.74, 6) is 0.295. The maximum Gasteiger partial charge on any atom is 0.349 e. The zero-order valence-electron chi connectivity index (χ0n) is 16.6. The first kappa shape index (κ1) is 21.2. The average Bonchev–Trinajstić information content (AvgIpc) is 2.52. The quantitative estimate of drug-likeness (QED) is 0.610. The van der Waals surface area contributed by atoms with Crippen LogP contribution in [0.3, 0.4) is 0 Å². The molecule has 2 atom stereocenters. The highest BCUT2D eigenvalue weighted by molar-refractivity contribution is 5.76. The van der Waals surface area contributed by atoms with Gasteiger partial charge in [0.2, 0.25) is 6.10 Å². The Labute approximate surface area is 152 Å². The number of benzene rings is 1. The predicted octanol–water partition coefficient (Wildman–Crippen LogP) is 4.44. The number of nitrogens with two attached hydrogens (primary N) is 1. The number of hydrogen-bond acceptors (Lipinski definition) is 4. The van der Waals surface area contributed by atoms with Crippen LogP contribution in [0.15, 0.2) is 42.2 Å². The maximum absolute atomic E-state index is 12.7. The number of esters is 1. The molecule has 1 aromatic carbocycles. The lowest BCUT2D eigenvalue weighted by atomic mass is 9.83. The fraction of sp³-hybridized carbons (Fsp3) is 0.571. The highest BCUT2D eigenvalue weighted by Gasteiger charge is 2.38. The summed E-state index contributed by atoms with van der Waals surface area (Å²) in [4.78, 5) is 12.7. The van der Waals surface area contributed by atoms with Crippen LogP contribution in [0.5, 0.6) is 0 Å². The number of allylic oxidation sites excluding steroid dienone is 2. The van der Waals surface area contributed by atoms with Crippen molar-refractivity contribution in [2.75, 3.05) is 0 Å². The number of ether oxygens (including phenoxy) is 2. The van der Waals surface area contributed by atoms with Gasteiger partial charge >= 0.3 is 5.97 Å². The van der Waals surface area contributed by atoms with Gasteiger partial charge in [-0.1, -0.05) is 71.9 Å². The third-order valence-corrected chi connectivity index (χ3v) is 4.04. The van der Waals surface area contributed by atoms with E-state index in [4.69, 9.17) is 15.2 Å². The molecule has 140 valence electrons. The average molecular weight is 347 g/mol. The van der Waals surface area contributed by atoms with Crippen molar-refractivity contribution >= 4 is 5.97 Å². The van der Waals surface area contributed by atoms with Crippen LogP contribution in [0.1, 0.15) is 54.0 Å². The van der Waals surface area contributed by atoms with Crippen molar-refractivity contribution in [2.24, 2.45) is 16.6 Å². The van der Waals surface area contributed by atoms with E-state index >= 15 is 0 Å². The number of carbonyl (C=O) groups is 1. The van der Waals surface area contributed by atoms with E-state index in [1.807, 2.05) is 84.9 Å². The number of hydrogen-bond donors (Lipinski definition) is 1. The Morgan fingerprint density at radius 3 is 2.12 bits per heavy atom. The standard InChI is InChI=1S/C21H33NO3/c1-8-16(20(2,3)4)25-17(18(22)21(5,6)7)19(23)24-14-15-12-10-9-11-13-15/h8-13,17-18H,14,22H2,1-7H3/b16-8-. The molecule has 0 heterocycles. The van der Waals surface area contributed by atoms with E-state index in [2.05, 4.69) is 0 Å². The summed E-state index contributed by atoms with van der Waals surface area (Å²) in [6.07, 6.45) is 1.03. The van der Waals surface area contributed by atoms with Gasteiger partial charge in [-0.3, -0.25) is 0 Å². The molecule has 0 radical (unpaired) electrons. The first-order valence-corrected chi connectivity index (χ1v) is 8.76. The van der Waals surface area contributed by atoms with Crippen LogP contribution >= 0.6 is 0 Å². The van der Waals surface area contributed by atoms with Crippen molar-refractivity contribution in [1.82, 2.24) is 0 Å². The van der Waals surface area contributed by atoms with E-state index in [9.17, 15) is 4.79 Å². The number of rotatable bonds is 6. The second-order valence-electron chi connectivity index (χ2n) is 8.43. The lowest BCUT2D eigenvalue weighted by Gasteiger charge is -2.35. The molecule has 0 spiro atoms. The minimum absolute atomic E-state index is 0.205. The van der Waals surface area contributed by atoms with Gasteiger partial charge in [-0.05, 0) is 24.0 Å². The summed E-state index contributed by atoms with van der Waals surface area (Å²) in [5.41, 5.74) is 6.77. The van der Waals surface area contributed by atoms with E-state index in [-0.39, 0.29) is 17.4 Å². The zero-order chi connectivity index (χ0) is 19.3. The van der Waals surface area contributed by atoms with Crippen LogP contribution in [0.2, 0.25) is 0 Å². The van der Waals surface area contributed by atoms with Crippen molar-refractivity contribution < 1.29 is 14.3 Å². The lowest BCUT2D eigenvalue weighted by molar-refractivity contribution is -0.160. The summed E-state index contributed by atoms with van der Waals surface area (Å²) in [5, 5.41) is 0. The predicted molar refractivity (Wildman–Crippen MR) is 102 cm³/mol. The topological polar surface area (TPSA) is 61.5 Å². The van der Waals surface area contributed by atoms with Crippen molar-refractivity contribution in [3.05, 3.63) is 47.7 Å². The minimum Gasteiger partial charge on any atom is -0.481 e. The van der Waals surface area contributed by atoms with Gasteiger partial charge in [-0.25, -0.2) is 4.79 Å². The van der Waals surface area contributed by atoms with Crippen LogP contribution in [-0.2, 0) is 20.9 Å². The van der Waals surface area contributed by atoms with Crippen LogP contribution in [0.4, 0.5) is 0 Å². The molecule has 1 rings (SSSR count). The number of carbonyl (C=O) groups excluding carboxylic acids is 1. The van der Waals surface area contributed by atoms with Gasteiger partial charge in [0.25, 0.3) is 0 Å². The maximum atomic E-state index is 12.7. The minimum atomic E-state index is -0.853. The molecule has 0 aliphatic carbocycles.